The molecule has 1 N–H and O–H groups in total. The van der Waals surface area contributed by atoms with Crippen LogP contribution in [0.4, 0.5) is 29.6 Å². The Morgan fingerprint density at radius 2 is 2.03 bits per heavy atom. The number of fused-ring (bicyclic) bond motifs is 1. The van der Waals surface area contributed by atoms with Crippen LogP contribution in [0, 0.1) is 6.92 Å². The molecule has 2 aromatic heterocycles. The predicted octanol–water partition coefficient (Wildman–Crippen LogP) is 2.93. The van der Waals surface area contributed by atoms with E-state index < -0.39 is 29.7 Å². The summed E-state index contributed by atoms with van der Waals surface area (Å²) < 4.78 is 39.6. The topological polar surface area (TPSA) is 78.4 Å². The number of likely N-dealkylation sites (N-methyl/N-ethyl adjacent to an activating group) is 1. The maximum Gasteiger partial charge on any atom is 0.416 e. The Labute approximate surface area is 170 Å². The SMILES string of the molecule is Cc1cc(C(F)(F)F)cc(N2C(=O)NC[C@H]2C(=O)N(C)c2ccc3c(n2)CC=C3)n1. The van der Waals surface area contributed by atoms with E-state index in [9.17, 15) is 22.8 Å². The molecule has 0 bridgehead atoms. The van der Waals surface area contributed by atoms with Crippen molar-refractivity contribution in [3.63, 3.8) is 0 Å². The van der Waals surface area contributed by atoms with E-state index in [0.717, 1.165) is 28.3 Å². The van der Waals surface area contributed by atoms with Gasteiger partial charge in [0.2, 0.25) is 0 Å². The van der Waals surface area contributed by atoms with Crippen molar-refractivity contribution < 1.29 is 22.8 Å². The lowest BCUT2D eigenvalue weighted by Gasteiger charge is -2.26. The van der Waals surface area contributed by atoms with Gasteiger partial charge in [0.1, 0.15) is 17.7 Å². The molecular formula is C20H18F3N5O2. The number of carbonyl (C=O) groups excluding carboxylic acids is 2. The standard InChI is InChI=1S/C20H18F3N5O2/c1-11-8-13(20(21,22)23)9-17(25-11)28-15(10-24-19(28)30)18(29)27(2)16-7-6-12-4-3-5-14(12)26-16/h3-4,6-9,15H,5,10H2,1-2H3,(H,24,30)/t15-/m0/s1. The first-order chi connectivity index (χ1) is 14.1. The van der Waals surface area contributed by atoms with Crippen LogP contribution in [0.5, 0.6) is 0 Å². The van der Waals surface area contributed by atoms with Gasteiger partial charge in [-0.05, 0) is 36.8 Å². The van der Waals surface area contributed by atoms with Crippen molar-refractivity contribution >= 4 is 29.7 Å². The van der Waals surface area contributed by atoms with Gasteiger partial charge in [-0.15, -0.1) is 0 Å². The lowest BCUT2D eigenvalue weighted by atomic mass is 10.2. The van der Waals surface area contributed by atoms with Crippen molar-refractivity contribution in [2.75, 3.05) is 23.4 Å². The summed E-state index contributed by atoms with van der Waals surface area (Å²) in [6, 6.07) is 3.47. The summed E-state index contributed by atoms with van der Waals surface area (Å²) >= 11 is 0. The highest BCUT2D eigenvalue weighted by Gasteiger charge is 2.41. The Kier molecular flexibility index (Phi) is 4.71. The van der Waals surface area contributed by atoms with Gasteiger partial charge in [0, 0.05) is 25.7 Å². The van der Waals surface area contributed by atoms with Gasteiger partial charge in [-0.3, -0.25) is 14.6 Å². The normalized spacial score (nSPS) is 17.8. The van der Waals surface area contributed by atoms with E-state index in [4.69, 9.17) is 0 Å². The van der Waals surface area contributed by atoms with E-state index in [1.807, 2.05) is 18.2 Å². The largest absolute Gasteiger partial charge is 0.416 e. The van der Waals surface area contributed by atoms with Crippen molar-refractivity contribution in [3.8, 4) is 0 Å². The van der Waals surface area contributed by atoms with E-state index >= 15 is 0 Å². The van der Waals surface area contributed by atoms with E-state index in [1.165, 1.54) is 18.9 Å². The molecule has 7 nitrogen and oxygen atoms in total. The molecule has 3 amide bonds. The molecule has 0 radical (unpaired) electrons. The average Bonchev–Trinajstić information content (AvgIpc) is 3.31. The van der Waals surface area contributed by atoms with Gasteiger partial charge in [0.05, 0.1) is 11.3 Å². The van der Waals surface area contributed by atoms with Gasteiger partial charge >= 0.3 is 12.2 Å². The van der Waals surface area contributed by atoms with Crippen LogP contribution in [0.3, 0.4) is 0 Å². The first-order valence-electron chi connectivity index (χ1n) is 9.22. The maximum absolute atomic E-state index is 13.2. The highest BCUT2D eigenvalue weighted by Crippen LogP contribution is 2.33. The fourth-order valence-electron chi connectivity index (χ4n) is 3.54. The zero-order valence-electron chi connectivity index (χ0n) is 16.2. The summed E-state index contributed by atoms with van der Waals surface area (Å²) in [6.45, 7) is 1.35. The smallest absolute Gasteiger partial charge is 0.335 e. The Bertz CT molecular complexity index is 1070. The summed E-state index contributed by atoms with van der Waals surface area (Å²) in [5, 5.41) is 2.51. The predicted molar refractivity (Wildman–Crippen MR) is 104 cm³/mol. The minimum atomic E-state index is -4.60. The monoisotopic (exact) mass is 417 g/mol. The fraction of sp³-hybridized carbons (Fsp3) is 0.300. The van der Waals surface area contributed by atoms with Crippen LogP contribution in [0.25, 0.3) is 6.08 Å². The number of nitrogens with zero attached hydrogens (tertiary/aromatic N) is 4. The summed E-state index contributed by atoms with van der Waals surface area (Å²) in [7, 11) is 1.52. The number of anilines is 2. The molecule has 30 heavy (non-hydrogen) atoms. The molecule has 1 atom stereocenters. The number of halogens is 3. The zero-order chi connectivity index (χ0) is 21.6. The Balaban J connectivity index is 1.65. The van der Waals surface area contributed by atoms with Crippen LogP contribution >= 0.6 is 0 Å². The Hall–Kier alpha value is -3.43. The number of pyridine rings is 2. The molecule has 3 heterocycles. The zero-order valence-corrected chi connectivity index (χ0v) is 16.2. The molecule has 0 saturated carbocycles. The third kappa shape index (κ3) is 3.49. The van der Waals surface area contributed by atoms with Crippen molar-refractivity contribution in [1.82, 2.24) is 15.3 Å². The van der Waals surface area contributed by atoms with E-state index in [2.05, 4.69) is 15.3 Å². The van der Waals surface area contributed by atoms with Gasteiger partial charge in [-0.25, -0.2) is 14.8 Å². The number of amides is 3. The third-order valence-electron chi connectivity index (χ3n) is 5.05. The van der Waals surface area contributed by atoms with Crippen molar-refractivity contribution in [3.05, 3.63) is 52.9 Å². The second-order valence-corrected chi connectivity index (χ2v) is 7.13. The number of hydrogen-bond acceptors (Lipinski definition) is 4. The first kappa shape index (κ1) is 19.9. The van der Waals surface area contributed by atoms with Crippen LogP contribution < -0.4 is 15.1 Å². The summed E-state index contributed by atoms with van der Waals surface area (Å²) in [5.74, 6) is -0.311. The van der Waals surface area contributed by atoms with Gasteiger partial charge in [-0.1, -0.05) is 12.2 Å². The number of rotatable bonds is 3. The summed E-state index contributed by atoms with van der Waals surface area (Å²) in [4.78, 5) is 36.3. The highest BCUT2D eigenvalue weighted by atomic mass is 19.4. The van der Waals surface area contributed by atoms with Gasteiger partial charge in [0.25, 0.3) is 5.91 Å². The highest BCUT2D eigenvalue weighted by molar-refractivity contribution is 6.07. The summed E-state index contributed by atoms with van der Waals surface area (Å²) in [5.41, 5.74) is 0.964. The lowest BCUT2D eigenvalue weighted by molar-refractivity contribution is -0.137. The quantitative estimate of drug-likeness (QED) is 0.833. The number of alkyl halides is 3. The molecule has 0 spiro atoms. The fourth-order valence-corrected chi connectivity index (χ4v) is 3.54. The second-order valence-electron chi connectivity index (χ2n) is 7.13. The molecular weight excluding hydrogens is 399 g/mol. The van der Waals surface area contributed by atoms with Crippen LogP contribution in [-0.4, -0.2) is 41.5 Å². The minimum Gasteiger partial charge on any atom is -0.335 e. The molecule has 0 unspecified atom stereocenters. The van der Waals surface area contributed by atoms with Crippen LogP contribution in [0.1, 0.15) is 22.5 Å². The molecule has 156 valence electrons. The molecule has 10 heteroatoms. The number of carbonyl (C=O) groups is 2. The van der Waals surface area contributed by atoms with Gasteiger partial charge in [0.15, 0.2) is 0 Å². The molecule has 0 aromatic carbocycles. The Morgan fingerprint density at radius 3 is 2.77 bits per heavy atom. The summed E-state index contributed by atoms with van der Waals surface area (Å²) in [6.07, 6.45) is -0.0331. The lowest BCUT2D eigenvalue weighted by Crippen LogP contribution is -2.47. The van der Waals surface area contributed by atoms with Crippen LogP contribution in [0.15, 0.2) is 30.3 Å². The number of aryl methyl sites for hydroxylation is 1. The van der Waals surface area contributed by atoms with E-state index in [1.54, 1.807) is 6.07 Å². The number of hydrogen-bond donors (Lipinski definition) is 1. The van der Waals surface area contributed by atoms with Crippen LogP contribution in [0.2, 0.25) is 0 Å². The van der Waals surface area contributed by atoms with Gasteiger partial charge in [-0.2, -0.15) is 13.2 Å². The maximum atomic E-state index is 13.2. The molecule has 1 saturated heterocycles. The number of aromatic nitrogens is 2. The van der Waals surface area contributed by atoms with Crippen molar-refractivity contribution in [1.29, 1.82) is 0 Å². The number of nitrogens with one attached hydrogen (secondary N) is 1. The molecule has 1 aliphatic carbocycles. The van der Waals surface area contributed by atoms with Crippen molar-refractivity contribution in [2.45, 2.75) is 25.6 Å². The van der Waals surface area contributed by atoms with Crippen LogP contribution in [-0.2, 0) is 17.4 Å². The van der Waals surface area contributed by atoms with Gasteiger partial charge < -0.3 is 5.32 Å². The molecule has 1 fully saturated rings. The molecule has 2 aliphatic rings. The molecule has 4 rings (SSSR count). The Morgan fingerprint density at radius 1 is 1.27 bits per heavy atom. The molecule has 1 aliphatic heterocycles. The first-order valence-corrected chi connectivity index (χ1v) is 9.22. The number of urea groups is 1. The van der Waals surface area contributed by atoms with E-state index in [0.29, 0.717) is 12.2 Å². The van der Waals surface area contributed by atoms with E-state index in [-0.39, 0.29) is 18.1 Å². The molecule has 2 aromatic rings. The second kappa shape index (κ2) is 7.12. The van der Waals surface area contributed by atoms with Crippen molar-refractivity contribution in [2.24, 2.45) is 0 Å². The average molecular weight is 417 g/mol. The minimum absolute atomic E-state index is 0.0501. The number of allylic oxidation sites excluding steroid dienone is 1. The third-order valence-corrected chi connectivity index (χ3v) is 5.05.